The Kier molecular flexibility index (Phi) is 7.05. The van der Waals surface area contributed by atoms with Crippen molar-refractivity contribution < 1.29 is 19.4 Å². The Bertz CT molecular complexity index is 536. The van der Waals surface area contributed by atoms with Crippen molar-refractivity contribution in [2.75, 3.05) is 18.1 Å². The molecule has 0 spiro atoms. The average molecular weight is 365 g/mol. The molecular formula is C20H28O4S. The van der Waals surface area contributed by atoms with Crippen LogP contribution < -0.4 is 4.74 Å². The molecule has 4 atom stereocenters. The number of carbonyl (C=O) groups is 1. The van der Waals surface area contributed by atoms with Gasteiger partial charge in [0.15, 0.2) is 0 Å². The molecule has 1 N–H and O–H groups in total. The van der Waals surface area contributed by atoms with Crippen LogP contribution >= 0.6 is 11.8 Å². The van der Waals surface area contributed by atoms with Crippen LogP contribution in [-0.2, 0) is 9.53 Å². The third-order valence-corrected chi connectivity index (χ3v) is 6.40. The summed E-state index contributed by atoms with van der Waals surface area (Å²) in [5.41, 5.74) is 0. The van der Waals surface area contributed by atoms with Crippen LogP contribution in [0.4, 0.5) is 0 Å². The van der Waals surface area contributed by atoms with Gasteiger partial charge in [-0.1, -0.05) is 18.2 Å². The van der Waals surface area contributed by atoms with E-state index in [-0.39, 0.29) is 0 Å². The zero-order valence-electron chi connectivity index (χ0n) is 14.6. The van der Waals surface area contributed by atoms with Crippen LogP contribution in [0.5, 0.6) is 5.75 Å². The van der Waals surface area contributed by atoms with Crippen molar-refractivity contribution >= 4 is 17.7 Å². The van der Waals surface area contributed by atoms with Crippen LogP contribution in [0.3, 0.4) is 0 Å². The lowest BCUT2D eigenvalue weighted by Crippen LogP contribution is -2.32. The standard InChI is InChI=1S/C20H28O4S/c21-20(22)8-4-5-12-25-13-11-16-17(19-10-9-18(16)24-19)14-23-15-6-2-1-3-7-15/h1-3,6-7,16-19H,4-5,8-14H2,(H,21,22)/t16-,17+,18-,19+/m1/s1. The first-order valence-electron chi connectivity index (χ1n) is 9.37. The lowest BCUT2D eigenvalue weighted by atomic mass is 9.78. The lowest BCUT2D eigenvalue weighted by Gasteiger charge is -2.28. The normalized spacial score (nSPS) is 27.5. The number of benzene rings is 1. The molecule has 0 aliphatic carbocycles. The molecule has 2 heterocycles. The van der Waals surface area contributed by atoms with Gasteiger partial charge in [0, 0.05) is 12.3 Å². The summed E-state index contributed by atoms with van der Waals surface area (Å²) in [6.45, 7) is 0.749. The highest BCUT2D eigenvalue weighted by Gasteiger charge is 2.48. The van der Waals surface area contributed by atoms with Gasteiger partial charge in [0.25, 0.3) is 0 Å². The zero-order chi connectivity index (χ0) is 17.5. The minimum atomic E-state index is -0.689. The maximum atomic E-state index is 10.5. The first kappa shape index (κ1) is 18.6. The van der Waals surface area contributed by atoms with Crippen LogP contribution in [0.15, 0.2) is 30.3 Å². The molecule has 1 aromatic rings. The average Bonchev–Trinajstić information content (AvgIpc) is 3.21. The minimum Gasteiger partial charge on any atom is -0.493 e. The Balaban J connectivity index is 1.38. The summed E-state index contributed by atoms with van der Waals surface area (Å²) < 4.78 is 12.2. The number of unbranched alkanes of at least 4 members (excludes halogenated alkanes) is 1. The van der Waals surface area contributed by atoms with Crippen molar-refractivity contribution in [1.29, 1.82) is 0 Å². The lowest BCUT2D eigenvalue weighted by molar-refractivity contribution is -0.137. The number of aliphatic carboxylic acids is 1. The fourth-order valence-corrected chi connectivity index (χ4v) is 5.06. The van der Waals surface area contributed by atoms with E-state index in [1.807, 2.05) is 42.1 Å². The number of hydrogen-bond donors (Lipinski definition) is 1. The second-order valence-electron chi connectivity index (χ2n) is 6.99. The molecule has 0 saturated carbocycles. The number of fused-ring (bicyclic) bond motifs is 2. The van der Waals surface area contributed by atoms with Crippen LogP contribution in [0.1, 0.15) is 38.5 Å². The predicted octanol–water partition coefficient (Wildman–Crippen LogP) is 4.24. The van der Waals surface area contributed by atoms with Gasteiger partial charge in [-0.25, -0.2) is 0 Å². The molecule has 25 heavy (non-hydrogen) atoms. The summed E-state index contributed by atoms with van der Waals surface area (Å²) in [7, 11) is 0. The van der Waals surface area contributed by atoms with Crippen LogP contribution in [0.25, 0.3) is 0 Å². The minimum absolute atomic E-state index is 0.291. The van der Waals surface area contributed by atoms with Gasteiger partial charge in [-0.15, -0.1) is 0 Å². The van der Waals surface area contributed by atoms with Gasteiger partial charge < -0.3 is 14.6 Å². The fourth-order valence-electron chi connectivity index (χ4n) is 4.01. The van der Waals surface area contributed by atoms with E-state index in [1.54, 1.807) is 0 Å². The highest BCUT2D eigenvalue weighted by Crippen LogP contribution is 2.45. The van der Waals surface area contributed by atoms with Crippen molar-refractivity contribution in [3.63, 3.8) is 0 Å². The first-order chi connectivity index (χ1) is 12.2. The van der Waals surface area contributed by atoms with E-state index in [2.05, 4.69) is 0 Å². The maximum absolute atomic E-state index is 10.5. The van der Waals surface area contributed by atoms with Gasteiger partial charge in [0.2, 0.25) is 0 Å². The number of rotatable bonds is 11. The number of thioether (sulfide) groups is 1. The quantitative estimate of drug-likeness (QED) is 0.595. The molecular weight excluding hydrogens is 336 g/mol. The van der Waals surface area contributed by atoms with Crippen LogP contribution in [0.2, 0.25) is 0 Å². The topological polar surface area (TPSA) is 55.8 Å². The Morgan fingerprint density at radius 3 is 2.64 bits per heavy atom. The van der Waals surface area contributed by atoms with E-state index in [9.17, 15) is 4.79 Å². The van der Waals surface area contributed by atoms with Gasteiger partial charge in [-0.2, -0.15) is 11.8 Å². The van der Waals surface area contributed by atoms with E-state index < -0.39 is 5.97 Å². The Morgan fingerprint density at radius 2 is 1.88 bits per heavy atom. The summed E-state index contributed by atoms with van der Waals surface area (Å²) >= 11 is 1.95. The molecule has 2 aliphatic heterocycles. The molecule has 2 saturated heterocycles. The summed E-state index contributed by atoms with van der Waals surface area (Å²) in [6.07, 6.45) is 6.40. The molecule has 2 bridgehead atoms. The van der Waals surface area contributed by atoms with Crippen molar-refractivity contribution in [2.24, 2.45) is 11.8 Å². The molecule has 3 rings (SSSR count). The highest BCUT2D eigenvalue weighted by atomic mass is 32.2. The number of carboxylic acid groups (broad SMARTS) is 1. The summed E-state index contributed by atoms with van der Waals surface area (Å²) in [4.78, 5) is 10.5. The van der Waals surface area contributed by atoms with Crippen LogP contribution in [-0.4, -0.2) is 41.4 Å². The van der Waals surface area contributed by atoms with E-state index >= 15 is 0 Å². The Hall–Kier alpha value is -1.20. The smallest absolute Gasteiger partial charge is 0.303 e. The van der Waals surface area contributed by atoms with Gasteiger partial charge >= 0.3 is 5.97 Å². The second-order valence-corrected chi connectivity index (χ2v) is 8.22. The van der Waals surface area contributed by atoms with Crippen LogP contribution in [0, 0.1) is 11.8 Å². The number of hydrogen-bond acceptors (Lipinski definition) is 4. The Morgan fingerprint density at radius 1 is 1.12 bits per heavy atom. The number of para-hydroxylation sites is 1. The first-order valence-corrected chi connectivity index (χ1v) is 10.5. The molecule has 5 heteroatoms. The molecule has 0 amide bonds. The molecule has 138 valence electrons. The fraction of sp³-hybridized carbons (Fsp3) is 0.650. The highest BCUT2D eigenvalue weighted by molar-refractivity contribution is 7.99. The molecule has 2 aliphatic rings. The SMILES string of the molecule is O=C(O)CCCCSCC[C@@H]1[C@H](COc2ccccc2)[C@@H]2CC[C@H]1O2. The largest absolute Gasteiger partial charge is 0.493 e. The summed E-state index contributed by atoms with van der Waals surface area (Å²) in [6, 6.07) is 10.0. The number of carboxylic acids is 1. The monoisotopic (exact) mass is 364 g/mol. The molecule has 0 aromatic heterocycles. The second kappa shape index (κ2) is 9.48. The van der Waals surface area contributed by atoms with Crippen molar-refractivity contribution in [1.82, 2.24) is 0 Å². The number of ether oxygens (including phenoxy) is 2. The zero-order valence-corrected chi connectivity index (χ0v) is 15.5. The Labute approximate surface area is 154 Å². The third kappa shape index (κ3) is 5.38. The van der Waals surface area contributed by atoms with Crippen molar-refractivity contribution in [2.45, 2.75) is 50.7 Å². The van der Waals surface area contributed by atoms with Gasteiger partial charge in [-0.3, -0.25) is 4.79 Å². The molecule has 4 nitrogen and oxygen atoms in total. The van der Waals surface area contributed by atoms with Gasteiger partial charge in [0.1, 0.15) is 5.75 Å². The molecule has 0 unspecified atom stereocenters. The van der Waals surface area contributed by atoms with E-state index in [0.717, 1.165) is 36.7 Å². The van der Waals surface area contributed by atoms with Gasteiger partial charge in [-0.05, 0) is 61.7 Å². The summed E-state index contributed by atoms with van der Waals surface area (Å²) in [5, 5.41) is 8.65. The summed E-state index contributed by atoms with van der Waals surface area (Å²) in [5.74, 6) is 3.55. The van der Waals surface area contributed by atoms with Crippen molar-refractivity contribution in [3.8, 4) is 5.75 Å². The molecule has 0 radical (unpaired) electrons. The van der Waals surface area contributed by atoms with Gasteiger partial charge in [0.05, 0.1) is 18.8 Å². The molecule has 1 aromatic carbocycles. The third-order valence-electron chi connectivity index (χ3n) is 5.30. The van der Waals surface area contributed by atoms with Crippen molar-refractivity contribution in [3.05, 3.63) is 30.3 Å². The van der Waals surface area contributed by atoms with E-state index in [4.69, 9.17) is 14.6 Å². The maximum Gasteiger partial charge on any atom is 0.303 e. The predicted molar refractivity (Wildman–Crippen MR) is 100 cm³/mol. The van der Waals surface area contributed by atoms with E-state index in [0.29, 0.717) is 30.5 Å². The van der Waals surface area contributed by atoms with E-state index in [1.165, 1.54) is 19.3 Å². The molecule has 2 fully saturated rings.